The number of hydrogen-bond donors (Lipinski definition) is 2. The molecule has 0 aromatic rings. The van der Waals surface area contributed by atoms with Gasteiger partial charge >= 0.3 is 0 Å². The van der Waals surface area contributed by atoms with E-state index in [0.29, 0.717) is 12.5 Å². The standard InChI is InChI=1S/C13H25N3O2/c1-11-8-13(9-11,10-14)12(17)15-2-3-16-4-6-18-7-5-16/h11H,2-10,14H2,1H3,(H,15,17). The molecule has 2 rings (SSSR count). The van der Waals surface area contributed by atoms with Crippen molar-refractivity contribution >= 4 is 5.91 Å². The van der Waals surface area contributed by atoms with Gasteiger partial charge in [-0.15, -0.1) is 0 Å². The third kappa shape index (κ3) is 3.02. The fourth-order valence-corrected chi connectivity index (χ4v) is 3.06. The van der Waals surface area contributed by atoms with Gasteiger partial charge in [0.25, 0.3) is 0 Å². The van der Waals surface area contributed by atoms with Crippen LogP contribution in [0.4, 0.5) is 0 Å². The van der Waals surface area contributed by atoms with Crippen LogP contribution in [0.15, 0.2) is 0 Å². The summed E-state index contributed by atoms with van der Waals surface area (Å²) < 4.78 is 5.29. The number of nitrogens with one attached hydrogen (secondary N) is 1. The number of nitrogens with zero attached hydrogens (tertiary/aromatic N) is 1. The zero-order chi connectivity index (χ0) is 13.0. The van der Waals surface area contributed by atoms with Gasteiger partial charge < -0.3 is 15.8 Å². The topological polar surface area (TPSA) is 67.6 Å². The van der Waals surface area contributed by atoms with Gasteiger partial charge in [0, 0.05) is 32.7 Å². The average molecular weight is 255 g/mol. The summed E-state index contributed by atoms with van der Waals surface area (Å²) in [7, 11) is 0. The van der Waals surface area contributed by atoms with E-state index < -0.39 is 0 Å². The van der Waals surface area contributed by atoms with E-state index in [9.17, 15) is 4.79 Å². The van der Waals surface area contributed by atoms with Gasteiger partial charge in [-0.25, -0.2) is 0 Å². The smallest absolute Gasteiger partial charge is 0.227 e. The van der Waals surface area contributed by atoms with E-state index in [1.807, 2.05) is 0 Å². The van der Waals surface area contributed by atoms with E-state index in [0.717, 1.165) is 52.2 Å². The number of carbonyl (C=O) groups is 1. The lowest BCUT2D eigenvalue weighted by atomic mass is 9.62. The predicted octanol–water partition coefficient (Wildman–Crippen LogP) is -0.190. The minimum atomic E-state index is -0.273. The van der Waals surface area contributed by atoms with Crippen LogP contribution in [0.25, 0.3) is 0 Å². The number of morpholine rings is 1. The van der Waals surface area contributed by atoms with E-state index in [-0.39, 0.29) is 11.3 Å². The molecular formula is C13H25N3O2. The average Bonchev–Trinajstić information content (AvgIpc) is 2.36. The summed E-state index contributed by atoms with van der Waals surface area (Å²) >= 11 is 0. The van der Waals surface area contributed by atoms with Crippen LogP contribution < -0.4 is 11.1 Å². The summed E-state index contributed by atoms with van der Waals surface area (Å²) in [5.41, 5.74) is 5.49. The van der Waals surface area contributed by atoms with E-state index in [1.54, 1.807) is 0 Å². The lowest BCUT2D eigenvalue weighted by Crippen LogP contribution is -2.54. The molecule has 1 amide bonds. The maximum absolute atomic E-state index is 12.1. The minimum absolute atomic E-state index is 0.149. The van der Waals surface area contributed by atoms with Gasteiger partial charge in [-0.05, 0) is 18.8 Å². The molecule has 0 unspecified atom stereocenters. The van der Waals surface area contributed by atoms with Gasteiger partial charge in [0.15, 0.2) is 0 Å². The monoisotopic (exact) mass is 255 g/mol. The van der Waals surface area contributed by atoms with Crippen molar-refractivity contribution in [3.63, 3.8) is 0 Å². The summed E-state index contributed by atoms with van der Waals surface area (Å²) in [6.45, 7) is 7.82. The van der Waals surface area contributed by atoms with Gasteiger partial charge in [-0.3, -0.25) is 9.69 Å². The van der Waals surface area contributed by atoms with Crippen LogP contribution in [0.5, 0.6) is 0 Å². The Hall–Kier alpha value is -0.650. The van der Waals surface area contributed by atoms with Crippen LogP contribution in [0.1, 0.15) is 19.8 Å². The van der Waals surface area contributed by atoms with Crippen LogP contribution in [-0.4, -0.2) is 56.7 Å². The summed E-state index contributed by atoms with van der Waals surface area (Å²) in [6, 6.07) is 0. The first-order chi connectivity index (χ1) is 8.66. The SMILES string of the molecule is CC1CC(CN)(C(=O)NCCN2CCOCC2)C1. The molecule has 0 radical (unpaired) electrons. The Balaban J connectivity index is 1.68. The zero-order valence-corrected chi connectivity index (χ0v) is 11.3. The molecule has 0 atom stereocenters. The highest BCUT2D eigenvalue weighted by Gasteiger charge is 2.46. The van der Waals surface area contributed by atoms with Crippen molar-refractivity contribution < 1.29 is 9.53 Å². The lowest BCUT2D eigenvalue weighted by Gasteiger charge is -2.44. The molecule has 1 aliphatic carbocycles. The number of hydrogen-bond acceptors (Lipinski definition) is 4. The van der Waals surface area contributed by atoms with E-state index in [4.69, 9.17) is 10.5 Å². The largest absolute Gasteiger partial charge is 0.379 e. The Kier molecular flexibility index (Phi) is 4.59. The molecule has 0 bridgehead atoms. The zero-order valence-electron chi connectivity index (χ0n) is 11.3. The van der Waals surface area contributed by atoms with Gasteiger partial charge in [0.2, 0.25) is 5.91 Å². The Bertz CT molecular complexity index is 284. The first-order valence-corrected chi connectivity index (χ1v) is 6.95. The number of nitrogens with two attached hydrogens (primary N) is 1. The van der Waals surface area contributed by atoms with Crippen LogP contribution in [0.2, 0.25) is 0 Å². The molecular weight excluding hydrogens is 230 g/mol. The molecule has 5 heteroatoms. The number of amides is 1. The second-order valence-corrected chi connectivity index (χ2v) is 5.71. The second kappa shape index (κ2) is 5.99. The van der Waals surface area contributed by atoms with Crippen molar-refractivity contribution in [2.24, 2.45) is 17.1 Å². The Morgan fingerprint density at radius 3 is 2.67 bits per heavy atom. The molecule has 0 aromatic carbocycles. The van der Waals surface area contributed by atoms with Crippen molar-refractivity contribution in [1.29, 1.82) is 0 Å². The molecule has 2 aliphatic rings. The first-order valence-electron chi connectivity index (χ1n) is 6.95. The van der Waals surface area contributed by atoms with Crippen LogP contribution in [-0.2, 0) is 9.53 Å². The molecule has 5 nitrogen and oxygen atoms in total. The van der Waals surface area contributed by atoms with E-state index in [2.05, 4.69) is 17.1 Å². The van der Waals surface area contributed by atoms with Crippen LogP contribution in [0, 0.1) is 11.3 Å². The molecule has 104 valence electrons. The maximum Gasteiger partial charge on any atom is 0.227 e. The Labute approximate surface area is 109 Å². The molecule has 1 saturated heterocycles. The number of carbonyl (C=O) groups excluding carboxylic acids is 1. The highest BCUT2D eigenvalue weighted by molar-refractivity contribution is 5.83. The maximum atomic E-state index is 12.1. The summed E-state index contributed by atoms with van der Waals surface area (Å²) in [5.74, 6) is 0.787. The molecule has 1 heterocycles. The molecule has 3 N–H and O–H groups in total. The highest BCUT2D eigenvalue weighted by atomic mass is 16.5. The van der Waals surface area contributed by atoms with Crippen molar-refractivity contribution in [1.82, 2.24) is 10.2 Å². The second-order valence-electron chi connectivity index (χ2n) is 5.71. The van der Waals surface area contributed by atoms with Crippen LogP contribution >= 0.6 is 0 Å². The fourth-order valence-electron chi connectivity index (χ4n) is 3.06. The Morgan fingerprint density at radius 2 is 2.11 bits per heavy atom. The van der Waals surface area contributed by atoms with E-state index in [1.165, 1.54) is 0 Å². The Morgan fingerprint density at radius 1 is 1.44 bits per heavy atom. The molecule has 0 aromatic heterocycles. The summed E-state index contributed by atoms with van der Waals surface area (Å²) in [4.78, 5) is 14.5. The van der Waals surface area contributed by atoms with Crippen molar-refractivity contribution in [3.05, 3.63) is 0 Å². The lowest BCUT2D eigenvalue weighted by molar-refractivity contribution is -0.138. The van der Waals surface area contributed by atoms with Crippen molar-refractivity contribution in [3.8, 4) is 0 Å². The number of rotatable bonds is 5. The van der Waals surface area contributed by atoms with Gasteiger partial charge in [0.1, 0.15) is 0 Å². The summed E-state index contributed by atoms with van der Waals surface area (Å²) in [6.07, 6.45) is 1.87. The first kappa shape index (κ1) is 13.8. The minimum Gasteiger partial charge on any atom is -0.379 e. The fraction of sp³-hybridized carbons (Fsp3) is 0.923. The molecule has 18 heavy (non-hydrogen) atoms. The van der Waals surface area contributed by atoms with Crippen molar-refractivity contribution in [2.45, 2.75) is 19.8 Å². The van der Waals surface area contributed by atoms with Crippen LogP contribution in [0.3, 0.4) is 0 Å². The predicted molar refractivity (Wildman–Crippen MR) is 70.2 cm³/mol. The number of ether oxygens (including phenoxy) is 1. The molecule has 2 fully saturated rings. The third-order valence-electron chi connectivity index (χ3n) is 4.17. The van der Waals surface area contributed by atoms with Gasteiger partial charge in [0.05, 0.1) is 18.6 Å². The normalized spacial score (nSPS) is 32.9. The highest BCUT2D eigenvalue weighted by Crippen LogP contribution is 2.44. The van der Waals surface area contributed by atoms with Gasteiger partial charge in [-0.2, -0.15) is 0 Å². The molecule has 1 aliphatic heterocycles. The summed E-state index contributed by atoms with van der Waals surface area (Å²) in [5, 5.41) is 3.04. The third-order valence-corrected chi connectivity index (χ3v) is 4.17. The van der Waals surface area contributed by atoms with E-state index >= 15 is 0 Å². The molecule has 0 spiro atoms. The molecule has 1 saturated carbocycles. The quantitative estimate of drug-likeness (QED) is 0.714. The van der Waals surface area contributed by atoms with Crippen molar-refractivity contribution in [2.75, 3.05) is 45.9 Å². The van der Waals surface area contributed by atoms with Gasteiger partial charge in [-0.1, -0.05) is 6.92 Å².